The summed E-state index contributed by atoms with van der Waals surface area (Å²) in [4.78, 5) is 20.9. The van der Waals surface area contributed by atoms with Crippen molar-refractivity contribution in [2.45, 2.75) is 13.0 Å². The Labute approximate surface area is 146 Å². The first-order valence-corrected chi connectivity index (χ1v) is 8.13. The second-order valence-corrected chi connectivity index (χ2v) is 6.28. The van der Waals surface area contributed by atoms with Crippen LogP contribution in [0.4, 0.5) is 4.39 Å². The molecule has 0 amide bonds. The van der Waals surface area contributed by atoms with Crippen molar-refractivity contribution in [3.8, 4) is 0 Å². The minimum absolute atomic E-state index is 0.173. The highest BCUT2D eigenvalue weighted by Gasteiger charge is 2.37. The number of allylic oxidation sites excluding steroid dienone is 1. The van der Waals surface area contributed by atoms with Crippen LogP contribution in [0.1, 0.15) is 23.5 Å². The van der Waals surface area contributed by atoms with E-state index < -0.39 is 17.8 Å². The predicted molar refractivity (Wildman–Crippen MR) is 90.8 cm³/mol. The van der Waals surface area contributed by atoms with Gasteiger partial charge in [-0.1, -0.05) is 17.7 Å². The molecule has 1 N–H and O–H groups in total. The van der Waals surface area contributed by atoms with Crippen LogP contribution in [0.25, 0.3) is 0 Å². The van der Waals surface area contributed by atoms with Gasteiger partial charge in [0, 0.05) is 27.9 Å². The van der Waals surface area contributed by atoms with Crippen LogP contribution in [0.3, 0.4) is 0 Å². The van der Waals surface area contributed by atoms with Crippen molar-refractivity contribution in [1.82, 2.24) is 10.3 Å². The fraction of sp³-hybridized carbons (Fsp3) is 0.125. The van der Waals surface area contributed by atoms with E-state index >= 15 is 0 Å². The molecule has 1 atom stereocenters. The molecule has 0 radical (unpaired) electrons. The predicted octanol–water partition coefficient (Wildman–Crippen LogP) is 3.19. The molecule has 0 fully saturated rings. The molecule has 0 spiro atoms. The van der Waals surface area contributed by atoms with Gasteiger partial charge in [-0.05, 0) is 19.1 Å². The van der Waals surface area contributed by atoms with Gasteiger partial charge in [0.1, 0.15) is 11.9 Å². The SMILES string of the molecule is C=[O+]C(=O)C1=C(C)NC(c2nccs2)=N[C@@H]1c1ccc(F)cc1Cl. The summed E-state index contributed by atoms with van der Waals surface area (Å²) in [7, 11) is 0. The van der Waals surface area contributed by atoms with Gasteiger partial charge in [-0.3, -0.25) is 9.42 Å². The topological polar surface area (TPSA) is 65.7 Å². The zero-order valence-corrected chi connectivity index (χ0v) is 14.1. The second kappa shape index (κ2) is 6.62. The second-order valence-electron chi connectivity index (χ2n) is 4.98. The maximum atomic E-state index is 13.4. The fourth-order valence-corrected chi connectivity index (χ4v) is 3.27. The molecule has 3 rings (SSSR count). The Bertz CT molecular complexity index is 877. The molecule has 24 heavy (non-hydrogen) atoms. The number of carbonyl (C=O) groups is 1. The zero-order chi connectivity index (χ0) is 17.3. The lowest BCUT2D eigenvalue weighted by atomic mass is 9.96. The van der Waals surface area contributed by atoms with Crippen molar-refractivity contribution >= 4 is 41.5 Å². The molecule has 1 aliphatic rings. The van der Waals surface area contributed by atoms with E-state index in [0.29, 0.717) is 22.1 Å². The first-order chi connectivity index (χ1) is 11.5. The molecule has 0 bridgehead atoms. The number of nitrogens with zero attached hydrogens (tertiary/aromatic N) is 2. The molecule has 5 nitrogen and oxygen atoms in total. The quantitative estimate of drug-likeness (QED) is 0.850. The number of aromatic nitrogens is 1. The van der Waals surface area contributed by atoms with Gasteiger partial charge in [-0.25, -0.2) is 9.37 Å². The van der Waals surface area contributed by atoms with Crippen LogP contribution in [-0.2, 0) is 9.22 Å². The van der Waals surface area contributed by atoms with Crippen LogP contribution in [0, 0.1) is 5.82 Å². The van der Waals surface area contributed by atoms with Crippen LogP contribution in [0.2, 0.25) is 5.02 Å². The van der Waals surface area contributed by atoms with Gasteiger partial charge in [0.15, 0.2) is 23.2 Å². The van der Waals surface area contributed by atoms with Gasteiger partial charge in [-0.2, -0.15) is 0 Å². The summed E-state index contributed by atoms with van der Waals surface area (Å²) < 4.78 is 18.0. The largest absolute Gasteiger partial charge is 0.612 e. The molecule has 2 heterocycles. The maximum Gasteiger partial charge on any atom is 0.612 e. The number of amidine groups is 1. The van der Waals surface area contributed by atoms with Crippen LogP contribution in [0.15, 0.2) is 46.0 Å². The lowest BCUT2D eigenvalue weighted by Crippen LogP contribution is -2.32. The van der Waals surface area contributed by atoms with E-state index in [1.807, 2.05) is 5.38 Å². The summed E-state index contributed by atoms with van der Waals surface area (Å²) in [5.41, 5.74) is 1.31. The molecule has 2 aromatic rings. The summed E-state index contributed by atoms with van der Waals surface area (Å²) in [6.45, 7) is 4.89. The molecule has 122 valence electrons. The van der Waals surface area contributed by atoms with E-state index in [-0.39, 0.29) is 10.6 Å². The highest BCUT2D eigenvalue weighted by Crippen LogP contribution is 2.36. The highest BCUT2D eigenvalue weighted by molar-refractivity contribution is 7.11. The highest BCUT2D eigenvalue weighted by atomic mass is 35.5. The number of hydrogen-bond acceptors (Lipinski definition) is 5. The number of halogens is 2. The van der Waals surface area contributed by atoms with Gasteiger partial charge in [0.25, 0.3) is 0 Å². The number of hydrogen-bond donors (Lipinski definition) is 1. The Balaban J connectivity index is 2.16. The van der Waals surface area contributed by atoms with Crippen LogP contribution in [-0.4, -0.2) is 23.6 Å². The Kier molecular flexibility index (Phi) is 4.55. The zero-order valence-electron chi connectivity index (χ0n) is 12.5. The van der Waals surface area contributed by atoms with E-state index in [4.69, 9.17) is 11.6 Å². The average molecular weight is 365 g/mol. The third-order valence-corrected chi connectivity index (χ3v) is 4.59. The van der Waals surface area contributed by atoms with Crippen molar-refractivity contribution in [2.24, 2.45) is 4.99 Å². The minimum Gasteiger partial charge on any atom is -0.341 e. The Hall–Kier alpha value is -2.38. The van der Waals surface area contributed by atoms with E-state index in [0.717, 1.165) is 0 Å². The van der Waals surface area contributed by atoms with Crippen LogP contribution < -0.4 is 5.32 Å². The van der Waals surface area contributed by atoms with Gasteiger partial charge in [0.05, 0.1) is 4.79 Å². The number of nitrogens with one attached hydrogen (secondary N) is 1. The van der Waals surface area contributed by atoms with Crippen molar-refractivity contribution in [2.75, 3.05) is 0 Å². The lowest BCUT2D eigenvalue weighted by molar-refractivity contribution is -0.363. The summed E-state index contributed by atoms with van der Waals surface area (Å²) in [6, 6.07) is 3.21. The van der Waals surface area contributed by atoms with E-state index in [1.54, 1.807) is 13.1 Å². The third-order valence-electron chi connectivity index (χ3n) is 3.48. The van der Waals surface area contributed by atoms with Gasteiger partial charge in [-0.15, -0.1) is 11.3 Å². The molecular weight excluding hydrogens is 353 g/mol. The summed E-state index contributed by atoms with van der Waals surface area (Å²) in [5.74, 6) is -0.593. The fourth-order valence-electron chi connectivity index (χ4n) is 2.42. The molecule has 1 aromatic carbocycles. The van der Waals surface area contributed by atoms with Crippen molar-refractivity contribution in [3.05, 3.63) is 62.5 Å². The number of benzene rings is 1. The normalized spacial score (nSPS) is 17.3. The average Bonchev–Trinajstić information content (AvgIpc) is 3.08. The van der Waals surface area contributed by atoms with Gasteiger partial charge >= 0.3 is 5.97 Å². The smallest absolute Gasteiger partial charge is 0.341 e. The molecular formula is C16H12ClFN3O2S+. The monoisotopic (exact) mass is 364 g/mol. The number of carbonyl (C=O) groups excluding carboxylic acids is 2. The standard InChI is InChI=1S/C16H11ClFN3O2S/c1-8-12(16(22)23-2)13(10-4-3-9(18)7-11(10)17)21-14(20-8)15-19-5-6-24-15/h3-7,13H,2H2,1H3/p+1/t13-/m1/s1. The summed E-state index contributed by atoms with van der Waals surface area (Å²) in [5, 5.41) is 5.70. The Morgan fingerprint density at radius 1 is 1.50 bits per heavy atom. The van der Waals surface area contributed by atoms with E-state index in [1.165, 1.54) is 29.5 Å². The number of thiazole rings is 1. The summed E-state index contributed by atoms with van der Waals surface area (Å²) >= 11 is 7.57. The van der Waals surface area contributed by atoms with E-state index in [9.17, 15) is 9.18 Å². The third kappa shape index (κ3) is 3.00. The van der Waals surface area contributed by atoms with Gasteiger partial charge in [0.2, 0.25) is 0 Å². The molecule has 0 saturated carbocycles. The minimum atomic E-state index is -0.743. The van der Waals surface area contributed by atoms with Gasteiger partial charge < -0.3 is 5.32 Å². The molecule has 0 saturated heterocycles. The van der Waals surface area contributed by atoms with Crippen molar-refractivity contribution in [3.63, 3.8) is 0 Å². The molecule has 8 heteroatoms. The Morgan fingerprint density at radius 2 is 2.29 bits per heavy atom. The Morgan fingerprint density at radius 3 is 2.92 bits per heavy atom. The maximum absolute atomic E-state index is 13.4. The first-order valence-electron chi connectivity index (χ1n) is 6.88. The first kappa shape index (κ1) is 16.5. The molecule has 1 aromatic heterocycles. The molecule has 1 aliphatic heterocycles. The number of aliphatic imine (C=N–C) groups is 1. The molecule has 0 unspecified atom stereocenters. The number of rotatable bonds is 3. The summed E-state index contributed by atoms with van der Waals surface area (Å²) in [6.07, 6.45) is 1.66. The van der Waals surface area contributed by atoms with Crippen molar-refractivity contribution < 1.29 is 13.6 Å². The molecule has 0 aliphatic carbocycles. The van der Waals surface area contributed by atoms with Crippen LogP contribution >= 0.6 is 22.9 Å². The van der Waals surface area contributed by atoms with E-state index in [2.05, 4.69) is 26.5 Å². The van der Waals surface area contributed by atoms with Crippen molar-refractivity contribution in [1.29, 1.82) is 0 Å². The lowest BCUT2D eigenvalue weighted by Gasteiger charge is -2.22. The van der Waals surface area contributed by atoms with Crippen LogP contribution in [0.5, 0.6) is 0 Å².